The highest BCUT2D eigenvalue weighted by Crippen LogP contribution is 2.33. The molecule has 8 nitrogen and oxygen atoms in total. The minimum Gasteiger partial charge on any atom is -0.493 e. The standard InChI is InChI=1S/C27H31N3O5/c1-18(9-11-22(31)19-7-5-4-6-8-19)27(32)30-15-13-20(14-16-30)26-28-25(29-35-26)21-10-12-23(33-2)24(17-21)34-3/h4-8,10,12,17-18,20H,9,11,13-16H2,1-3H3/t18-/m1/s1. The Hall–Kier alpha value is -3.68. The van der Waals surface area contributed by atoms with Gasteiger partial charge in [0.05, 0.1) is 14.2 Å². The summed E-state index contributed by atoms with van der Waals surface area (Å²) in [7, 11) is 3.17. The van der Waals surface area contributed by atoms with Gasteiger partial charge in [0, 0.05) is 42.5 Å². The molecule has 0 radical (unpaired) electrons. The number of aromatic nitrogens is 2. The van der Waals surface area contributed by atoms with Crippen molar-refractivity contribution in [2.24, 2.45) is 5.92 Å². The van der Waals surface area contributed by atoms with Crippen LogP contribution in [0.25, 0.3) is 11.4 Å². The number of ketones is 1. The number of piperidine rings is 1. The first-order chi connectivity index (χ1) is 17.0. The van der Waals surface area contributed by atoms with E-state index < -0.39 is 0 Å². The molecule has 3 aromatic rings. The summed E-state index contributed by atoms with van der Waals surface area (Å²) in [6.07, 6.45) is 2.43. The summed E-state index contributed by atoms with van der Waals surface area (Å²) in [5.74, 6) is 2.40. The normalized spacial score (nSPS) is 15.0. The summed E-state index contributed by atoms with van der Waals surface area (Å²) in [6.45, 7) is 3.17. The van der Waals surface area contributed by atoms with Crippen LogP contribution in [-0.4, -0.2) is 54.0 Å². The molecule has 0 aliphatic carbocycles. The topological polar surface area (TPSA) is 94.8 Å². The fourth-order valence-corrected chi connectivity index (χ4v) is 4.39. The number of carbonyl (C=O) groups excluding carboxylic acids is 2. The van der Waals surface area contributed by atoms with Gasteiger partial charge in [0.25, 0.3) is 0 Å². The largest absolute Gasteiger partial charge is 0.493 e. The van der Waals surface area contributed by atoms with Crippen molar-refractivity contribution in [1.82, 2.24) is 15.0 Å². The van der Waals surface area contributed by atoms with Crippen LogP contribution in [0.2, 0.25) is 0 Å². The van der Waals surface area contributed by atoms with Gasteiger partial charge in [0.15, 0.2) is 17.3 Å². The lowest BCUT2D eigenvalue weighted by Gasteiger charge is -2.32. The molecule has 1 amide bonds. The molecule has 0 N–H and O–H groups in total. The van der Waals surface area contributed by atoms with Crippen molar-refractivity contribution in [2.75, 3.05) is 27.3 Å². The quantitative estimate of drug-likeness (QED) is 0.410. The first-order valence-corrected chi connectivity index (χ1v) is 11.9. The maximum absolute atomic E-state index is 12.9. The Morgan fingerprint density at radius 2 is 1.77 bits per heavy atom. The highest BCUT2D eigenvalue weighted by atomic mass is 16.5. The Bertz CT molecular complexity index is 1150. The van der Waals surface area contributed by atoms with Gasteiger partial charge in [-0.3, -0.25) is 9.59 Å². The van der Waals surface area contributed by atoms with Crippen molar-refractivity contribution in [3.63, 3.8) is 0 Å². The van der Waals surface area contributed by atoms with Gasteiger partial charge in [0.1, 0.15) is 0 Å². The van der Waals surface area contributed by atoms with E-state index in [1.165, 1.54) is 0 Å². The lowest BCUT2D eigenvalue weighted by Crippen LogP contribution is -2.40. The van der Waals surface area contributed by atoms with Crippen molar-refractivity contribution in [3.05, 3.63) is 60.0 Å². The van der Waals surface area contributed by atoms with Crippen LogP contribution in [0.3, 0.4) is 0 Å². The maximum Gasteiger partial charge on any atom is 0.230 e. The van der Waals surface area contributed by atoms with E-state index in [0.29, 0.717) is 54.7 Å². The lowest BCUT2D eigenvalue weighted by atomic mass is 9.94. The fraction of sp³-hybridized carbons (Fsp3) is 0.407. The first kappa shape index (κ1) is 24.4. The molecule has 35 heavy (non-hydrogen) atoms. The molecule has 1 fully saturated rings. The van der Waals surface area contributed by atoms with Gasteiger partial charge in [-0.25, -0.2) is 0 Å². The number of Topliss-reactive ketones (excluding diaryl/α,β-unsaturated/α-hetero) is 1. The molecular weight excluding hydrogens is 446 g/mol. The molecule has 0 spiro atoms. The molecule has 8 heteroatoms. The van der Waals surface area contributed by atoms with Crippen molar-refractivity contribution in [3.8, 4) is 22.9 Å². The number of likely N-dealkylation sites (tertiary alicyclic amines) is 1. The molecule has 0 bridgehead atoms. The van der Waals surface area contributed by atoms with Gasteiger partial charge in [-0.05, 0) is 37.5 Å². The van der Waals surface area contributed by atoms with E-state index in [9.17, 15) is 9.59 Å². The minimum absolute atomic E-state index is 0.0747. The Labute approximate surface area is 205 Å². The highest BCUT2D eigenvalue weighted by molar-refractivity contribution is 5.96. The van der Waals surface area contributed by atoms with Gasteiger partial charge in [-0.2, -0.15) is 4.98 Å². The summed E-state index contributed by atoms with van der Waals surface area (Å²) < 4.78 is 16.2. The molecule has 1 aliphatic heterocycles. The fourth-order valence-electron chi connectivity index (χ4n) is 4.39. The third-order valence-electron chi connectivity index (χ3n) is 6.56. The summed E-state index contributed by atoms with van der Waals surface area (Å²) >= 11 is 0. The van der Waals surface area contributed by atoms with Crippen LogP contribution in [0.1, 0.15) is 54.8 Å². The molecule has 2 aromatic carbocycles. The van der Waals surface area contributed by atoms with Gasteiger partial charge in [-0.1, -0.05) is 42.4 Å². The molecule has 0 saturated carbocycles. The van der Waals surface area contributed by atoms with Crippen LogP contribution < -0.4 is 9.47 Å². The zero-order valence-electron chi connectivity index (χ0n) is 20.4. The molecule has 2 heterocycles. The minimum atomic E-state index is -0.195. The van der Waals surface area contributed by atoms with E-state index in [1.807, 2.05) is 60.4 Å². The first-order valence-electron chi connectivity index (χ1n) is 11.9. The summed E-state index contributed by atoms with van der Waals surface area (Å²) in [4.78, 5) is 31.8. The van der Waals surface area contributed by atoms with Crippen LogP contribution in [0, 0.1) is 5.92 Å². The SMILES string of the molecule is COc1ccc(-c2noc(C3CCN(C(=O)[C@H](C)CCC(=O)c4ccccc4)CC3)n2)cc1OC. The molecule has 0 unspecified atom stereocenters. The van der Waals surface area contributed by atoms with Gasteiger partial charge >= 0.3 is 0 Å². The average Bonchev–Trinajstić information content (AvgIpc) is 3.41. The van der Waals surface area contributed by atoms with Gasteiger partial charge in [-0.15, -0.1) is 0 Å². The number of rotatable bonds is 9. The Balaban J connectivity index is 1.30. The zero-order chi connectivity index (χ0) is 24.8. The third-order valence-corrected chi connectivity index (χ3v) is 6.56. The van der Waals surface area contributed by atoms with Crippen molar-refractivity contribution in [2.45, 2.75) is 38.5 Å². The Morgan fingerprint density at radius 1 is 1.06 bits per heavy atom. The van der Waals surface area contributed by atoms with Crippen LogP contribution in [-0.2, 0) is 4.79 Å². The third kappa shape index (κ3) is 5.70. The molecule has 1 aliphatic rings. The number of nitrogens with zero attached hydrogens (tertiary/aromatic N) is 3. The van der Waals surface area contributed by atoms with E-state index in [1.54, 1.807) is 14.2 Å². The molecule has 184 valence electrons. The molecule has 4 rings (SSSR count). The number of methoxy groups -OCH3 is 2. The smallest absolute Gasteiger partial charge is 0.230 e. The average molecular weight is 478 g/mol. The van der Waals surface area contributed by atoms with Crippen molar-refractivity contribution in [1.29, 1.82) is 0 Å². The number of hydrogen-bond donors (Lipinski definition) is 0. The second-order valence-corrected chi connectivity index (χ2v) is 8.85. The van der Waals surface area contributed by atoms with E-state index in [2.05, 4.69) is 10.1 Å². The van der Waals surface area contributed by atoms with Crippen LogP contribution in [0.4, 0.5) is 0 Å². The second-order valence-electron chi connectivity index (χ2n) is 8.85. The summed E-state index contributed by atoms with van der Waals surface area (Å²) in [6, 6.07) is 14.7. The highest BCUT2D eigenvalue weighted by Gasteiger charge is 2.30. The number of amides is 1. The number of carbonyl (C=O) groups is 2. The molecular formula is C27H31N3O5. The number of benzene rings is 2. The van der Waals surface area contributed by atoms with Crippen molar-refractivity contribution >= 4 is 11.7 Å². The lowest BCUT2D eigenvalue weighted by molar-refractivity contribution is -0.136. The maximum atomic E-state index is 12.9. The van der Waals surface area contributed by atoms with E-state index >= 15 is 0 Å². The number of hydrogen-bond acceptors (Lipinski definition) is 7. The van der Waals surface area contributed by atoms with Crippen LogP contribution in [0.15, 0.2) is 53.1 Å². The summed E-state index contributed by atoms with van der Waals surface area (Å²) in [5, 5.41) is 4.15. The molecule has 1 aromatic heterocycles. The zero-order valence-corrected chi connectivity index (χ0v) is 20.4. The van der Waals surface area contributed by atoms with E-state index in [4.69, 9.17) is 14.0 Å². The predicted octanol–water partition coefficient (Wildman–Crippen LogP) is 4.76. The van der Waals surface area contributed by atoms with Crippen LogP contribution in [0.5, 0.6) is 11.5 Å². The van der Waals surface area contributed by atoms with Gasteiger partial charge in [0.2, 0.25) is 17.6 Å². The monoisotopic (exact) mass is 477 g/mol. The van der Waals surface area contributed by atoms with Crippen molar-refractivity contribution < 1.29 is 23.6 Å². The molecule has 1 saturated heterocycles. The number of ether oxygens (including phenoxy) is 2. The Morgan fingerprint density at radius 3 is 2.46 bits per heavy atom. The van der Waals surface area contributed by atoms with Crippen LogP contribution >= 0.6 is 0 Å². The predicted molar refractivity (Wildman–Crippen MR) is 131 cm³/mol. The Kier molecular flexibility index (Phi) is 7.80. The van der Waals surface area contributed by atoms with E-state index in [0.717, 1.165) is 18.4 Å². The summed E-state index contributed by atoms with van der Waals surface area (Å²) in [5.41, 5.74) is 1.48. The molecule has 1 atom stereocenters. The van der Waals surface area contributed by atoms with E-state index in [-0.39, 0.29) is 23.5 Å². The second kappa shape index (κ2) is 11.2. The van der Waals surface area contributed by atoms with Gasteiger partial charge < -0.3 is 18.9 Å².